The Morgan fingerprint density at radius 2 is 1.77 bits per heavy atom. The van der Waals surface area contributed by atoms with Crippen molar-refractivity contribution in [1.82, 2.24) is 0 Å². The fraction of sp³-hybridized carbons (Fsp3) is 0.600. The molecule has 0 saturated heterocycles. The van der Waals surface area contributed by atoms with E-state index >= 15 is 0 Å². The molecule has 0 bridgehead atoms. The summed E-state index contributed by atoms with van der Waals surface area (Å²) in [6, 6.07) is 0. The quantitative estimate of drug-likeness (QED) is 0.602. The van der Waals surface area contributed by atoms with E-state index in [0.29, 0.717) is 24.7 Å². The third-order valence-corrected chi connectivity index (χ3v) is 5.35. The summed E-state index contributed by atoms with van der Waals surface area (Å²) in [6.07, 6.45) is 8.78. The van der Waals surface area contributed by atoms with Crippen LogP contribution in [0.4, 0.5) is 0 Å². The van der Waals surface area contributed by atoms with Crippen molar-refractivity contribution in [1.29, 1.82) is 0 Å². The lowest BCUT2D eigenvalue weighted by Crippen LogP contribution is -2.01. The van der Waals surface area contributed by atoms with E-state index in [-0.39, 0.29) is 17.0 Å². The SMILES string of the molecule is C/C1=C/C(=O)C/C(C)=C\CC(=O)/C(C)=C/[C@@H]2[C@H](CC1)C2(C)C. The third kappa shape index (κ3) is 3.85. The van der Waals surface area contributed by atoms with Crippen molar-refractivity contribution >= 4 is 11.6 Å². The van der Waals surface area contributed by atoms with Crippen molar-refractivity contribution in [2.45, 2.75) is 60.3 Å². The second kappa shape index (κ2) is 6.36. The molecule has 0 N–H and O–H groups in total. The molecular formula is C20H28O2. The number of fused-ring (bicyclic) bond motifs is 1. The smallest absolute Gasteiger partial charge is 0.162 e. The normalized spacial score (nSPS) is 36.9. The number of carbonyl (C=O) groups excluding carboxylic acids is 2. The fourth-order valence-electron chi connectivity index (χ4n) is 3.59. The van der Waals surface area contributed by atoms with Gasteiger partial charge < -0.3 is 0 Å². The van der Waals surface area contributed by atoms with Crippen LogP contribution in [0.3, 0.4) is 0 Å². The summed E-state index contributed by atoms with van der Waals surface area (Å²) in [7, 11) is 0. The maximum Gasteiger partial charge on any atom is 0.162 e. The van der Waals surface area contributed by atoms with Crippen LogP contribution in [-0.4, -0.2) is 11.6 Å². The Bertz CT molecular complexity index is 573. The maximum absolute atomic E-state index is 12.2. The average molecular weight is 300 g/mol. The molecule has 0 radical (unpaired) electrons. The minimum Gasteiger partial charge on any atom is -0.295 e. The van der Waals surface area contributed by atoms with Crippen molar-refractivity contribution in [2.24, 2.45) is 17.3 Å². The van der Waals surface area contributed by atoms with Gasteiger partial charge in [-0.3, -0.25) is 9.59 Å². The first-order valence-corrected chi connectivity index (χ1v) is 8.29. The summed E-state index contributed by atoms with van der Waals surface area (Å²) in [5, 5.41) is 0. The summed E-state index contributed by atoms with van der Waals surface area (Å²) in [6.45, 7) is 10.5. The van der Waals surface area contributed by atoms with E-state index in [2.05, 4.69) is 26.8 Å². The number of allylic oxidation sites excluding steroid dienone is 6. The molecule has 2 aliphatic rings. The van der Waals surface area contributed by atoms with Crippen LogP contribution < -0.4 is 0 Å². The predicted octanol–water partition coefficient (Wildman–Crippen LogP) is 4.81. The Morgan fingerprint density at radius 3 is 2.45 bits per heavy atom. The fourth-order valence-corrected chi connectivity index (χ4v) is 3.59. The minimum atomic E-state index is 0.148. The molecule has 120 valence electrons. The lowest BCUT2D eigenvalue weighted by atomic mass is 10.0. The van der Waals surface area contributed by atoms with E-state index in [1.807, 2.05) is 19.9 Å². The van der Waals surface area contributed by atoms with Crippen molar-refractivity contribution in [3.8, 4) is 0 Å². The van der Waals surface area contributed by atoms with Crippen molar-refractivity contribution in [3.63, 3.8) is 0 Å². The lowest BCUT2D eigenvalue weighted by Gasteiger charge is -2.04. The number of hydrogen-bond acceptors (Lipinski definition) is 2. The molecule has 2 rings (SSSR count). The molecule has 1 saturated carbocycles. The summed E-state index contributed by atoms with van der Waals surface area (Å²) in [4.78, 5) is 24.3. The zero-order valence-electron chi connectivity index (χ0n) is 14.5. The summed E-state index contributed by atoms with van der Waals surface area (Å²) < 4.78 is 0. The van der Waals surface area contributed by atoms with Crippen molar-refractivity contribution in [2.75, 3.05) is 0 Å². The molecule has 0 unspecified atom stereocenters. The van der Waals surface area contributed by atoms with E-state index < -0.39 is 0 Å². The Morgan fingerprint density at radius 1 is 1.09 bits per heavy atom. The molecule has 0 heterocycles. The van der Waals surface area contributed by atoms with Crippen LogP contribution in [-0.2, 0) is 9.59 Å². The van der Waals surface area contributed by atoms with Gasteiger partial charge in [-0.2, -0.15) is 0 Å². The molecule has 0 aliphatic heterocycles. The molecule has 2 aliphatic carbocycles. The van der Waals surface area contributed by atoms with Gasteiger partial charge in [-0.25, -0.2) is 0 Å². The van der Waals surface area contributed by atoms with Gasteiger partial charge in [0.15, 0.2) is 11.6 Å². The van der Waals surface area contributed by atoms with E-state index in [1.54, 1.807) is 6.08 Å². The van der Waals surface area contributed by atoms with Gasteiger partial charge in [0.1, 0.15) is 0 Å². The molecule has 22 heavy (non-hydrogen) atoms. The molecule has 0 aromatic heterocycles. The van der Waals surface area contributed by atoms with Gasteiger partial charge >= 0.3 is 0 Å². The number of rotatable bonds is 0. The van der Waals surface area contributed by atoms with Gasteiger partial charge in [0, 0.05) is 12.8 Å². The Balaban J connectivity index is 2.25. The van der Waals surface area contributed by atoms with Gasteiger partial charge in [-0.15, -0.1) is 0 Å². The summed E-state index contributed by atoms with van der Waals surface area (Å²) in [5.74, 6) is 1.44. The molecule has 2 nitrogen and oxygen atoms in total. The van der Waals surface area contributed by atoms with Crippen molar-refractivity contribution in [3.05, 3.63) is 34.9 Å². The molecule has 1 fully saturated rings. The van der Waals surface area contributed by atoms with Crippen LogP contribution in [0.15, 0.2) is 34.9 Å². The van der Waals surface area contributed by atoms with Crippen LogP contribution in [0, 0.1) is 17.3 Å². The van der Waals surface area contributed by atoms with Crippen LogP contribution in [0.25, 0.3) is 0 Å². The van der Waals surface area contributed by atoms with Gasteiger partial charge in [0.25, 0.3) is 0 Å². The van der Waals surface area contributed by atoms with E-state index in [4.69, 9.17) is 0 Å². The Labute approximate surface area is 134 Å². The molecule has 0 aromatic rings. The third-order valence-electron chi connectivity index (χ3n) is 5.35. The van der Waals surface area contributed by atoms with Gasteiger partial charge in [0.05, 0.1) is 0 Å². The topological polar surface area (TPSA) is 34.1 Å². The maximum atomic E-state index is 12.2. The second-order valence-electron chi connectivity index (χ2n) is 7.65. The lowest BCUT2D eigenvalue weighted by molar-refractivity contribution is -0.115. The number of Topliss-reactive ketones (excluding diaryl/α,β-unsaturated/α-hetero) is 1. The standard InChI is InChI=1S/C20H28O2/c1-13-6-8-17-18(20(17,4)5)12-15(3)19(22)9-7-14(2)11-16(21)10-13/h7,10,12,17-18H,6,8-9,11H2,1-5H3/b13-10-,14-7-,15-12+/t17-,18+/m0/s1. The van der Waals surface area contributed by atoms with Gasteiger partial charge in [-0.1, -0.05) is 37.1 Å². The molecule has 0 spiro atoms. The largest absolute Gasteiger partial charge is 0.295 e. The number of hydrogen-bond donors (Lipinski definition) is 0. The number of ketones is 2. The first-order valence-electron chi connectivity index (χ1n) is 8.29. The van der Waals surface area contributed by atoms with Crippen LogP contribution >= 0.6 is 0 Å². The highest BCUT2D eigenvalue weighted by atomic mass is 16.1. The van der Waals surface area contributed by atoms with E-state index in [9.17, 15) is 9.59 Å². The highest BCUT2D eigenvalue weighted by molar-refractivity contribution is 5.96. The summed E-state index contributed by atoms with van der Waals surface area (Å²) >= 11 is 0. The zero-order valence-corrected chi connectivity index (χ0v) is 14.5. The molecule has 0 aromatic carbocycles. The predicted molar refractivity (Wildman–Crippen MR) is 90.5 cm³/mol. The van der Waals surface area contributed by atoms with Crippen LogP contribution in [0.2, 0.25) is 0 Å². The second-order valence-corrected chi connectivity index (χ2v) is 7.65. The first-order chi connectivity index (χ1) is 10.2. The summed E-state index contributed by atoms with van der Waals surface area (Å²) in [5.41, 5.74) is 3.31. The average Bonchev–Trinajstić information content (AvgIpc) is 2.92. The van der Waals surface area contributed by atoms with E-state index in [1.165, 1.54) is 5.57 Å². The van der Waals surface area contributed by atoms with E-state index in [0.717, 1.165) is 24.0 Å². The minimum absolute atomic E-state index is 0.148. The van der Waals surface area contributed by atoms with Crippen LogP contribution in [0.5, 0.6) is 0 Å². The molecular weight excluding hydrogens is 272 g/mol. The van der Waals surface area contributed by atoms with Crippen LogP contribution in [0.1, 0.15) is 60.3 Å². The highest BCUT2D eigenvalue weighted by Crippen LogP contribution is 2.61. The highest BCUT2D eigenvalue weighted by Gasteiger charge is 2.55. The molecule has 2 atom stereocenters. The molecule has 2 heteroatoms. The Hall–Kier alpha value is -1.44. The van der Waals surface area contributed by atoms with Gasteiger partial charge in [-0.05, 0) is 62.5 Å². The molecule has 0 amide bonds. The van der Waals surface area contributed by atoms with Crippen molar-refractivity contribution < 1.29 is 9.59 Å². The zero-order chi connectivity index (χ0) is 16.5. The Kier molecular flexibility index (Phi) is 4.89. The monoisotopic (exact) mass is 300 g/mol. The first kappa shape index (κ1) is 16.9. The van der Waals surface area contributed by atoms with Gasteiger partial charge in [0.2, 0.25) is 0 Å². The number of carbonyl (C=O) groups is 2.